The largest absolute Gasteiger partial charge is 0.384 e. The first-order chi connectivity index (χ1) is 11.6. The van der Waals surface area contributed by atoms with Gasteiger partial charge in [0.25, 0.3) is 5.91 Å². The Bertz CT molecular complexity index is 559. The third kappa shape index (κ3) is 4.09. The molecule has 2 saturated heterocycles. The highest BCUT2D eigenvalue weighted by Gasteiger charge is 2.36. The Labute approximate surface area is 142 Å². The van der Waals surface area contributed by atoms with Gasteiger partial charge in [-0.3, -0.25) is 4.79 Å². The van der Waals surface area contributed by atoms with Crippen molar-refractivity contribution in [2.75, 3.05) is 45.9 Å². The fraction of sp³-hybridized carbons (Fsp3) is 0.706. The van der Waals surface area contributed by atoms with Crippen LogP contribution in [0.3, 0.4) is 0 Å². The van der Waals surface area contributed by atoms with Crippen LogP contribution in [0.15, 0.2) is 12.4 Å². The molecule has 1 amide bonds. The van der Waals surface area contributed by atoms with Crippen molar-refractivity contribution in [2.24, 2.45) is 0 Å². The number of aliphatic hydroxyl groups is 1. The van der Waals surface area contributed by atoms with E-state index in [1.165, 1.54) is 12.8 Å². The highest BCUT2D eigenvalue weighted by molar-refractivity contribution is 5.93. The Morgan fingerprint density at radius 1 is 1.29 bits per heavy atom. The van der Waals surface area contributed by atoms with E-state index in [1.807, 2.05) is 6.92 Å². The zero-order chi connectivity index (χ0) is 17.0. The number of carbonyl (C=O) groups is 1. The van der Waals surface area contributed by atoms with Gasteiger partial charge in [0.15, 0.2) is 0 Å². The lowest BCUT2D eigenvalue weighted by Gasteiger charge is -2.34. The number of hydrogen-bond donors (Lipinski definition) is 1. The third-order valence-corrected chi connectivity index (χ3v) is 4.63. The summed E-state index contributed by atoms with van der Waals surface area (Å²) < 4.78 is 5.57. The molecule has 0 aliphatic carbocycles. The number of aryl methyl sites for hydroxylation is 1. The van der Waals surface area contributed by atoms with Gasteiger partial charge in [-0.2, -0.15) is 0 Å². The first-order valence-electron chi connectivity index (χ1n) is 8.72. The highest BCUT2D eigenvalue weighted by atomic mass is 16.5. The molecule has 0 unspecified atom stereocenters. The van der Waals surface area contributed by atoms with Crippen molar-refractivity contribution < 1.29 is 14.6 Å². The topological polar surface area (TPSA) is 78.8 Å². The predicted octanol–water partition coefficient (Wildman–Crippen LogP) is 0.338. The minimum atomic E-state index is -1.03. The molecular weight excluding hydrogens is 308 g/mol. The zero-order valence-electron chi connectivity index (χ0n) is 14.3. The van der Waals surface area contributed by atoms with Crippen molar-refractivity contribution in [3.05, 3.63) is 23.8 Å². The molecule has 0 saturated carbocycles. The molecule has 2 aliphatic heterocycles. The maximum atomic E-state index is 12.7. The molecule has 1 aromatic heterocycles. The van der Waals surface area contributed by atoms with E-state index < -0.39 is 5.60 Å². The quantitative estimate of drug-likeness (QED) is 0.855. The number of rotatable bonds is 4. The SMILES string of the molecule is CCc1ncc(C(=O)N2CCOC[C@](O)(CN3CCCC3)C2)cn1. The lowest BCUT2D eigenvalue weighted by atomic mass is 10.0. The second kappa shape index (κ2) is 7.55. The molecule has 0 bridgehead atoms. The molecular formula is C17H26N4O3. The molecule has 3 heterocycles. The molecule has 1 aromatic rings. The summed E-state index contributed by atoms with van der Waals surface area (Å²) in [5.41, 5.74) is -0.571. The molecule has 3 rings (SSSR count). The number of nitrogens with zero attached hydrogens (tertiary/aromatic N) is 4. The standard InChI is InChI=1S/C17H26N4O3/c1-2-15-18-9-14(10-19-15)16(22)21-7-8-24-13-17(23,12-21)11-20-5-3-4-6-20/h9-10,23H,2-8,11-13H2,1H3/t17-/m0/s1. The first-order valence-corrected chi connectivity index (χ1v) is 8.72. The molecule has 132 valence electrons. The fourth-order valence-corrected chi connectivity index (χ4v) is 3.37. The van der Waals surface area contributed by atoms with Gasteiger partial charge in [0.1, 0.15) is 11.4 Å². The lowest BCUT2D eigenvalue weighted by Crippen LogP contribution is -2.53. The van der Waals surface area contributed by atoms with Gasteiger partial charge in [-0.15, -0.1) is 0 Å². The summed E-state index contributed by atoms with van der Waals surface area (Å²) in [6, 6.07) is 0. The first kappa shape index (κ1) is 17.3. The van der Waals surface area contributed by atoms with Crippen LogP contribution in [0.2, 0.25) is 0 Å². The summed E-state index contributed by atoms with van der Waals surface area (Å²) in [5, 5.41) is 11.0. The van der Waals surface area contributed by atoms with Crippen molar-refractivity contribution in [1.29, 1.82) is 0 Å². The lowest BCUT2D eigenvalue weighted by molar-refractivity contribution is -0.0524. The molecule has 2 aliphatic rings. The number of amides is 1. The third-order valence-electron chi connectivity index (χ3n) is 4.63. The average Bonchev–Trinajstić information content (AvgIpc) is 3.01. The van der Waals surface area contributed by atoms with Crippen molar-refractivity contribution in [3.63, 3.8) is 0 Å². The van der Waals surface area contributed by atoms with Gasteiger partial charge in [-0.1, -0.05) is 6.92 Å². The van der Waals surface area contributed by atoms with Gasteiger partial charge in [0.2, 0.25) is 0 Å². The number of likely N-dealkylation sites (tertiary alicyclic amines) is 1. The molecule has 1 N–H and O–H groups in total. The summed E-state index contributed by atoms with van der Waals surface area (Å²) >= 11 is 0. The summed E-state index contributed by atoms with van der Waals surface area (Å²) in [6.07, 6.45) is 6.21. The van der Waals surface area contributed by atoms with Crippen molar-refractivity contribution >= 4 is 5.91 Å². The average molecular weight is 334 g/mol. The van der Waals surface area contributed by atoms with Gasteiger partial charge < -0.3 is 19.6 Å². The van der Waals surface area contributed by atoms with Crippen LogP contribution in [0.25, 0.3) is 0 Å². The minimum Gasteiger partial charge on any atom is -0.384 e. The summed E-state index contributed by atoms with van der Waals surface area (Å²) in [6.45, 7) is 5.96. The molecule has 7 nitrogen and oxygen atoms in total. The van der Waals surface area contributed by atoms with Gasteiger partial charge in [-0.05, 0) is 25.9 Å². The van der Waals surface area contributed by atoms with Gasteiger partial charge in [0.05, 0.1) is 25.3 Å². The molecule has 2 fully saturated rings. The van der Waals surface area contributed by atoms with E-state index in [0.717, 1.165) is 25.3 Å². The van der Waals surface area contributed by atoms with Crippen LogP contribution in [0, 0.1) is 0 Å². The highest BCUT2D eigenvalue weighted by Crippen LogP contribution is 2.19. The van der Waals surface area contributed by atoms with E-state index in [2.05, 4.69) is 14.9 Å². The summed E-state index contributed by atoms with van der Waals surface area (Å²) in [5.74, 6) is 0.569. The van der Waals surface area contributed by atoms with E-state index in [9.17, 15) is 9.90 Å². The molecule has 24 heavy (non-hydrogen) atoms. The Hall–Kier alpha value is -1.57. The van der Waals surface area contributed by atoms with Gasteiger partial charge in [0, 0.05) is 31.9 Å². The molecule has 0 radical (unpaired) electrons. The Morgan fingerprint density at radius 2 is 2.00 bits per heavy atom. The monoisotopic (exact) mass is 334 g/mol. The number of ether oxygens (including phenoxy) is 1. The number of β-amino-alcohol motifs (C(OH)–C–C–N with tert-alkyl or cyclic N) is 1. The van der Waals surface area contributed by atoms with Crippen LogP contribution < -0.4 is 0 Å². The summed E-state index contributed by atoms with van der Waals surface area (Å²) in [7, 11) is 0. The Kier molecular flexibility index (Phi) is 5.43. The van der Waals surface area contributed by atoms with Crippen molar-refractivity contribution in [2.45, 2.75) is 31.8 Å². The number of aromatic nitrogens is 2. The second-order valence-electron chi connectivity index (χ2n) is 6.73. The van der Waals surface area contributed by atoms with Crippen LogP contribution in [0.4, 0.5) is 0 Å². The van der Waals surface area contributed by atoms with Crippen LogP contribution >= 0.6 is 0 Å². The second-order valence-corrected chi connectivity index (χ2v) is 6.73. The van der Waals surface area contributed by atoms with Gasteiger partial charge >= 0.3 is 0 Å². The van der Waals surface area contributed by atoms with E-state index >= 15 is 0 Å². The zero-order valence-corrected chi connectivity index (χ0v) is 14.3. The molecule has 0 spiro atoms. The maximum absolute atomic E-state index is 12.7. The minimum absolute atomic E-state index is 0.150. The van der Waals surface area contributed by atoms with Crippen LogP contribution in [0.5, 0.6) is 0 Å². The van der Waals surface area contributed by atoms with E-state index in [4.69, 9.17) is 4.74 Å². The van der Waals surface area contributed by atoms with Crippen molar-refractivity contribution in [1.82, 2.24) is 19.8 Å². The Morgan fingerprint density at radius 3 is 2.67 bits per heavy atom. The number of carbonyl (C=O) groups excluding carboxylic acids is 1. The number of hydrogen-bond acceptors (Lipinski definition) is 6. The molecule has 0 aromatic carbocycles. The van der Waals surface area contributed by atoms with Crippen LogP contribution in [-0.4, -0.2) is 82.3 Å². The molecule has 1 atom stereocenters. The summed E-state index contributed by atoms with van der Waals surface area (Å²) in [4.78, 5) is 25.0. The predicted molar refractivity (Wildman–Crippen MR) is 88.8 cm³/mol. The fourth-order valence-electron chi connectivity index (χ4n) is 3.37. The smallest absolute Gasteiger partial charge is 0.257 e. The van der Waals surface area contributed by atoms with E-state index in [0.29, 0.717) is 25.3 Å². The van der Waals surface area contributed by atoms with Gasteiger partial charge in [-0.25, -0.2) is 9.97 Å². The van der Waals surface area contributed by atoms with E-state index in [-0.39, 0.29) is 19.1 Å². The van der Waals surface area contributed by atoms with E-state index in [1.54, 1.807) is 17.3 Å². The van der Waals surface area contributed by atoms with Crippen LogP contribution in [-0.2, 0) is 11.2 Å². The van der Waals surface area contributed by atoms with Crippen LogP contribution in [0.1, 0.15) is 35.9 Å². The molecule has 7 heteroatoms. The van der Waals surface area contributed by atoms with Crippen molar-refractivity contribution in [3.8, 4) is 0 Å². The Balaban J connectivity index is 1.69. The normalized spacial score (nSPS) is 25.7. The maximum Gasteiger partial charge on any atom is 0.257 e.